The molecule has 0 aromatic heterocycles. The van der Waals surface area contributed by atoms with Gasteiger partial charge in [0.25, 0.3) is 0 Å². The van der Waals surface area contributed by atoms with Gasteiger partial charge in [-0.2, -0.15) is 0 Å². The number of hydrogen-bond donors (Lipinski definition) is 2. The molecule has 0 aliphatic heterocycles. The van der Waals surface area contributed by atoms with Gasteiger partial charge in [-0.3, -0.25) is 0 Å². The van der Waals surface area contributed by atoms with E-state index in [9.17, 15) is 0 Å². The molecule has 3 N–H and O–H groups in total. The maximum atomic E-state index is 5.76. The lowest BCUT2D eigenvalue weighted by molar-refractivity contribution is 0.378. The van der Waals surface area contributed by atoms with Gasteiger partial charge < -0.3 is 11.1 Å². The number of hydrogen-bond acceptors (Lipinski definition) is 2. The first-order chi connectivity index (χ1) is 6.83. The first-order valence-corrected chi connectivity index (χ1v) is 5.25. The van der Waals surface area contributed by atoms with Crippen LogP contribution in [0.1, 0.15) is 24.9 Å². The average molecular weight is 192 g/mol. The van der Waals surface area contributed by atoms with E-state index in [4.69, 9.17) is 5.73 Å². The Hall–Kier alpha value is -0.860. The molecule has 0 bridgehead atoms. The topological polar surface area (TPSA) is 38.0 Å². The maximum absolute atomic E-state index is 5.76. The largest absolute Gasteiger partial charge is 0.330 e. The highest BCUT2D eigenvalue weighted by Crippen LogP contribution is 2.22. The van der Waals surface area contributed by atoms with Crippen molar-refractivity contribution in [3.8, 4) is 0 Å². The Morgan fingerprint density at radius 1 is 1.29 bits per heavy atom. The summed E-state index contributed by atoms with van der Waals surface area (Å²) in [7, 11) is 2.00. The molecule has 2 nitrogen and oxygen atoms in total. The van der Waals surface area contributed by atoms with E-state index >= 15 is 0 Å². The Morgan fingerprint density at radius 2 is 1.93 bits per heavy atom. The Bertz CT molecular complexity index is 242. The van der Waals surface area contributed by atoms with Crippen LogP contribution in [0.15, 0.2) is 30.3 Å². The number of rotatable bonds is 5. The predicted octanol–water partition coefficient (Wildman–Crippen LogP) is 1.93. The van der Waals surface area contributed by atoms with Gasteiger partial charge >= 0.3 is 0 Å². The SMILES string of the molecule is CCC(CN)C(NC)c1ccccc1. The third-order valence-corrected chi connectivity index (χ3v) is 2.77. The van der Waals surface area contributed by atoms with E-state index in [1.807, 2.05) is 13.1 Å². The molecular formula is C12H20N2. The van der Waals surface area contributed by atoms with Gasteiger partial charge in [-0.1, -0.05) is 43.7 Å². The summed E-state index contributed by atoms with van der Waals surface area (Å²) in [6.45, 7) is 2.92. The molecule has 0 radical (unpaired) electrons. The van der Waals surface area contributed by atoms with Crippen molar-refractivity contribution in [2.45, 2.75) is 19.4 Å². The third kappa shape index (κ3) is 2.56. The van der Waals surface area contributed by atoms with Gasteiger partial charge in [0.1, 0.15) is 0 Å². The fourth-order valence-corrected chi connectivity index (χ4v) is 1.87. The molecule has 2 atom stereocenters. The molecule has 0 fully saturated rings. The second-order valence-corrected chi connectivity index (χ2v) is 3.58. The summed E-state index contributed by atoms with van der Waals surface area (Å²) >= 11 is 0. The zero-order chi connectivity index (χ0) is 10.4. The van der Waals surface area contributed by atoms with Gasteiger partial charge in [0, 0.05) is 6.04 Å². The van der Waals surface area contributed by atoms with Gasteiger partial charge in [0.05, 0.1) is 0 Å². The Kier molecular flexibility index (Phi) is 4.63. The van der Waals surface area contributed by atoms with Crippen molar-refractivity contribution in [1.82, 2.24) is 5.32 Å². The van der Waals surface area contributed by atoms with E-state index in [1.165, 1.54) is 5.56 Å². The van der Waals surface area contributed by atoms with Crippen LogP contribution < -0.4 is 11.1 Å². The van der Waals surface area contributed by atoms with E-state index in [0.29, 0.717) is 12.0 Å². The molecule has 1 aromatic carbocycles. The Labute approximate surface area is 86.5 Å². The highest BCUT2D eigenvalue weighted by Gasteiger charge is 2.17. The van der Waals surface area contributed by atoms with Crippen LogP contribution in [-0.4, -0.2) is 13.6 Å². The van der Waals surface area contributed by atoms with Crippen LogP contribution in [0.3, 0.4) is 0 Å². The molecular weight excluding hydrogens is 172 g/mol. The summed E-state index contributed by atoms with van der Waals surface area (Å²) in [4.78, 5) is 0. The molecule has 2 unspecified atom stereocenters. The summed E-state index contributed by atoms with van der Waals surface area (Å²) in [6, 6.07) is 10.9. The number of nitrogens with two attached hydrogens (primary N) is 1. The monoisotopic (exact) mass is 192 g/mol. The fraction of sp³-hybridized carbons (Fsp3) is 0.500. The van der Waals surface area contributed by atoms with Gasteiger partial charge in [-0.05, 0) is 25.1 Å². The normalized spacial score (nSPS) is 15.1. The fourth-order valence-electron chi connectivity index (χ4n) is 1.87. The summed E-state index contributed by atoms with van der Waals surface area (Å²) in [5.74, 6) is 0.516. The Morgan fingerprint density at radius 3 is 2.36 bits per heavy atom. The van der Waals surface area contributed by atoms with Gasteiger partial charge in [0.15, 0.2) is 0 Å². The molecule has 0 aliphatic carbocycles. The second-order valence-electron chi connectivity index (χ2n) is 3.58. The molecule has 78 valence electrons. The molecule has 0 amide bonds. The van der Waals surface area contributed by atoms with E-state index in [0.717, 1.165) is 13.0 Å². The summed E-state index contributed by atoms with van der Waals surface area (Å²) in [5, 5.41) is 3.34. The molecule has 1 rings (SSSR count). The zero-order valence-corrected chi connectivity index (χ0v) is 9.03. The lowest BCUT2D eigenvalue weighted by Gasteiger charge is -2.25. The summed E-state index contributed by atoms with van der Waals surface area (Å²) in [5.41, 5.74) is 7.08. The number of nitrogens with one attached hydrogen (secondary N) is 1. The van der Waals surface area contributed by atoms with Gasteiger partial charge in [-0.25, -0.2) is 0 Å². The zero-order valence-electron chi connectivity index (χ0n) is 9.03. The molecule has 0 saturated heterocycles. The minimum atomic E-state index is 0.381. The number of benzene rings is 1. The van der Waals surface area contributed by atoms with Crippen molar-refractivity contribution in [3.05, 3.63) is 35.9 Å². The van der Waals surface area contributed by atoms with E-state index in [2.05, 4.69) is 36.5 Å². The van der Waals surface area contributed by atoms with E-state index in [-0.39, 0.29) is 0 Å². The van der Waals surface area contributed by atoms with Crippen molar-refractivity contribution < 1.29 is 0 Å². The molecule has 0 saturated carbocycles. The van der Waals surface area contributed by atoms with Crippen LogP contribution in [0.25, 0.3) is 0 Å². The van der Waals surface area contributed by atoms with Crippen molar-refractivity contribution in [1.29, 1.82) is 0 Å². The predicted molar refractivity (Wildman–Crippen MR) is 61.1 cm³/mol. The lowest BCUT2D eigenvalue weighted by atomic mass is 9.91. The molecule has 0 heterocycles. The van der Waals surface area contributed by atoms with Crippen LogP contribution in [-0.2, 0) is 0 Å². The molecule has 14 heavy (non-hydrogen) atoms. The van der Waals surface area contributed by atoms with Gasteiger partial charge in [0.2, 0.25) is 0 Å². The molecule has 0 aliphatic rings. The molecule has 0 spiro atoms. The summed E-state index contributed by atoms with van der Waals surface area (Å²) < 4.78 is 0. The second kappa shape index (κ2) is 5.78. The highest BCUT2D eigenvalue weighted by atomic mass is 14.9. The quantitative estimate of drug-likeness (QED) is 0.748. The smallest absolute Gasteiger partial charge is 0.0358 e. The van der Waals surface area contributed by atoms with Crippen LogP contribution in [0.4, 0.5) is 0 Å². The highest BCUT2D eigenvalue weighted by molar-refractivity contribution is 5.19. The van der Waals surface area contributed by atoms with E-state index < -0.39 is 0 Å². The average Bonchev–Trinajstić information content (AvgIpc) is 2.27. The first-order valence-electron chi connectivity index (χ1n) is 5.25. The first kappa shape index (κ1) is 11.2. The van der Waals surface area contributed by atoms with E-state index in [1.54, 1.807) is 0 Å². The van der Waals surface area contributed by atoms with Crippen LogP contribution in [0.5, 0.6) is 0 Å². The minimum Gasteiger partial charge on any atom is -0.330 e. The molecule has 1 aromatic rings. The van der Waals surface area contributed by atoms with Crippen molar-refractivity contribution in [2.24, 2.45) is 11.7 Å². The lowest BCUT2D eigenvalue weighted by Crippen LogP contribution is -2.30. The van der Waals surface area contributed by atoms with Crippen LogP contribution in [0.2, 0.25) is 0 Å². The standard InChI is InChI=1S/C12H20N2/c1-3-10(9-13)12(14-2)11-7-5-4-6-8-11/h4-8,10,12,14H,3,9,13H2,1-2H3. The van der Waals surface area contributed by atoms with Crippen LogP contribution in [0, 0.1) is 5.92 Å². The Balaban J connectivity index is 2.81. The third-order valence-electron chi connectivity index (χ3n) is 2.77. The minimum absolute atomic E-state index is 0.381. The van der Waals surface area contributed by atoms with Crippen molar-refractivity contribution in [2.75, 3.05) is 13.6 Å². The van der Waals surface area contributed by atoms with Crippen molar-refractivity contribution >= 4 is 0 Å². The van der Waals surface area contributed by atoms with Gasteiger partial charge in [-0.15, -0.1) is 0 Å². The van der Waals surface area contributed by atoms with Crippen molar-refractivity contribution in [3.63, 3.8) is 0 Å². The molecule has 2 heteroatoms. The summed E-state index contributed by atoms with van der Waals surface area (Å²) in [6.07, 6.45) is 1.11. The van der Waals surface area contributed by atoms with Crippen LogP contribution >= 0.6 is 0 Å². The maximum Gasteiger partial charge on any atom is 0.0358 e.